The van der Waals surface area contributed by atoms with Gasteiger partial charge in [-0.3, -0.25) is 4.90 Å². The molecule has 0 bridgehead atoms. The average Bonchev–Trinajstić information content (AvgIpc) is 3.30. The molecule has 5 atom stereocenters. The molecular formula is C30H28F2N4O4. The second-order valence-corrected chi connectivity index (χ2v) is 10.3. The van der Waals surface area contributed by atoms with Crippen LogP contribution in [0, 0.1) is 28.6 Å². The minimum atomic E-state index is -2.83. The van der Waals surface area contributed by atoms with E-state index in [-0.39, 0.29) is 35.0 Å². The number of hydrogen-bond donors (Lipinski definition) is 2. The number of aliphatic hydroxyl groups is 2. The monoisotopic (exact) mass is 546 g/mol. The van der Waals surface area contributed by atoms with Crippen LogP contribution in [-0.4, -0.2) is 64.5 Å². The van der Waals surface area contributed by atoms with Crippen LogP contribution in [0.2, 0.25) is 0 Å². The molecule has 3 aliphatic rings. The maximum Gasteiger partial charge on any atom is 0.272 e. The molecule has 10 heteroatoms. The van der Waals surface area contributed by atoms with E-state index in [4.69, 9.17) is 9.47 Å². The van der Waals surface area contributed by atoms with Gasteiger partial charge in [0.15, 0.2) is 11.2 Å². The fraction of sp³-hybridized carbons (Fsp3) is 0.367. The Morgan fingerprint density at radius 1 is 1.27 bits per heavy atom. The zero-order valence-corrected chi connectivity index (χ0v) is 22.0. The predicted octanol–water partition coefficient (Wildman–Crippen LogP) is 3.59. The first-order chi connectivity index (χ1) is 19.1. The number of alkyl halides is 2. The summed E-state index contributed by atoms with van der Waals surface area (Å²) < 4.78 is 39.7. The lowest BCUT2D eigenvalue weighted by molar-refractivity contribution is -0.148. The van der Waals surface area contributed by atoms with Crippen LogP contribution < -0.4 is 9.47 Å². The predicted molar refractivity (Wildman–Crippen MR) is 140 cm³/mol. The van der Waals surface area contributed by atoms with E-state index in [2.05, 4.69) is 17.6 Å². The maximum absolute atomic E-state index is 13.8. The lowest BCUT2D eigenvalue weighted by Gasteiger charge is -2.43. The number of fused-ring (bicyclic) bond motifs is 3. The molecule has 2 N–H and O–H groups in total. The largest absolute Gasteiger partial charge is 0.481 e. The molecule has 8 nitrogen and oxygen atoms in total. The fourth-order valence-corrected chi connectivity index (χ4v) is 6.44. The zero-order chi connectivity index (χ0) is 28.9. The van der Waals surface area contributed by atoms with E-state index in [1.165, 1.54) is 24.2 Å². The third-order valence-corrected chi connectivity index (χ3v) is 8.09. The highest BCUT2D eigenvalue weighted by atomic mass is 19.3. The van der Waals surface area contributed by atoms with Crippen LogP contribution in [0.4, 0.5) is 8.78 Å². The minimum absolute atomic E-state index is 0.0266. The van der Waals surface area contributed by atoms with Crippen molar-refractivity contribution < 1.29 is 28.5 Å². The highest BCUT2D eigenvalue weighted by molar-refractivity contribution is 5.62. The van der Waals surface area contributed by atoms with Crippen molar-refractivity contribution in [2.24, 2.45) is 5.92 Å². The molecule has 3 heterocycles. The minimum Gasteiger partial charge on any atom is -0.481 e. The third-order valence-electron chi connectivity index (χ3n) is 8.09. The molecule has 1 aromatic heterocycles. The molecule has 1 saturated heterocycles. The number of halogens is 2. The fourth-order valence-electron chi connectivity index (χ4n) is 6.44. The lowest BCUT2D eigenvalue weighted by atomic mass is 9.70. The number of nitriles is 2. The third kappa shape index (κ3) is 3.91. The Bertz CT molecular complexity index is 1490. The quantitative estimate of drug-likeness (QED) is 0.399. The van der Waals surface area contributed by atoms with Gasteiger partial charge in [0.05, 0.1) is 37.9 Å². The molecule has 1 aromatic carbocycles. The Morgan fingerprint density at radius 2 is 1.98 bits per heavy atom. The number of allylic oxidation sites excluding steroid dienone is 3. The Kier molecular flexibility index (Phi) is 6.75. The molecule has 1 saturated carbocycles. The molecule has 206 valence electrons. The van der Waals surface area contributed by atoms with Crippen LogP contribution in [0.15, 0.2) is 72.4 Å². The topological polar surface area (TPSA) is 123 Å². The van der Waals surface area contributed by atoms with Crippen LogP contribution in [0.1, 0.15) is 29.7 Å². The highest BCUT2D eigenvalue weighted by Gasteiger charge is 2.77. The highest BCUT2D eigenvalue weighted by Crippen LogP contribution is 2.68. The Morgan fingerprint density at radius 3 is 2.55 bits per heavy atom. The normalized spacial score (nSPS) is 30.5. The van der Waals surface area contributed by atoms with Crippen LogP contribution in [0.3, 0.4) is 0 Å². The number of hydrogen-bond acceptors (Lipinski definition) is 8. The molecule has 0 spiro atoms. The number of aliphatic hydroxyl groups excluding tert-OH is 1. The number of nitrogens with zero attached hydrogens (tertiary/aromatic N) is 4. The summed E-state index contributed by atoms with van der Waals surface area (Å²) in [5.74, 6) is -4.44. The van der Waals surface area contributed by atoms with Crippen molar-refractivity contribution in [1.82, 2.24) is 9.88 Å². The Labute approximate surface area is 230 Å². The summed E-state index contributed by atoms with van der Waals surface area (Å²) in [6, 6.07) is 14.4. The van der Waals surface area contributed by atoms with Crippen molar-refractivity contribution in [3.05, 3.63) is 89.2 Å². The summed E-state index contributed by atoms with van der Waals surface area (Å²) in [6.45, 7) is 5.05. The Hall–Kier alpha value is -4.09. The van der Waals surface area contributed by atoms with Crippen molar-refractivity contribution in [1.29, 1.82) is 10.5 Å². The second-order valence-electron chi connectivity index (χ2n) is 10.3. The first kappa shape index (κ1) is 27.5. The zero-order valence-electron chi connectivity index (χ0n) is 22.0. The van der Waals surface area contributed by atoms with E-state index in [0.717, 1.165) is 0 Å². The van der Waals surface area contributed by atoms with Crippen molar-refractivity contribution in [2.75, 3.05) is 26.7 Å². The lowest BCUT2D eigenvalue weighted by Crippen LogP contribution is -2.58. The molecule has 40 heavy (non-hydrogen) atoms. The van der Waals surface area contributed by atoms with Gasteiger partial charge < -0.3 is 19.7 Å². The second kappa shape index (κ2) is 9.83. The van der Waals surface area contributed by atoms with Crippen LogP contribution in [0.25, 0.3) is 0 Å². The molecule has 5 rings (SSSR count). The van der Waals surface area contributed by atoms with Gasteiger partial charge in [0.1, 0.15) is 17.5 Å². The molecule has 2 fully saturated rings. The van der Waals surface area contributed by atoms with Gasteiger partial charge in [0, 0.05) is 30.0 Å². The smallest absolute Gasteiger partial charge is 0.272 e. The van der Waals surface area contributed by atoms with Gasteiger partial charge in [-0.2, -0.15) is 10.5 Å². The molecule has 1 aliphatic carbocycles. The van der Waals surface area contributed by atoms with Crippen LogP contribution in [0.5, 0.6) is 11.6 Å². The van der Waals surface area contributed by atoms with E-state index in [1.54, 1.807) is 31.2 Å². The molecular weight excluding hydrogens is 518 g/mol. The van der Waals surface area contributed by atoms with Crippen molar-refractivity contribution in [3.63, 3.8) is 0 Å². The molecule has 2 aromatic rings. The van der Waals surface area contributed by atoms with Gasteiger partial charge in [-0.25, -0.2) is 13.8 Å². The van der Waals surface area contributed by atoms with Gasteiger partial charge in [-0.05, 0) is 24.1 Å². The summed E-state index contributed by atoms with van der Waals surface area (Å²) in [5, 5.41) is 43.7. The number of rotatable bonds is 7. The van der Waals surface area contributed by atoms with E-state index in [0.29, 0.717) is 11.1 Å². The van der Waals surface area contributed by atoms with Gasteiger partial charge in [0.2, 0.25) is 5.88 Å². The number of methoxy groups -OCH3 is 1. The van der Waals surface area contributed by atoms with Gasteiger partial charge in [0.25, 0.3) is 5.92 Å². The summed E-state index contributed by atoms with van der Waals surface area (Å²) in [6.07, 6.45) is 3.13. The SMILES string of the molecule is C=C(/C=C\C(C#N)=C/C)[C@@]12Oc3cc(C#N)nc(OC)c3[C@]1(O)[C@H](O)[C@H](CN1CC(F)(F)C1)[C@H]2c1ccccc1. The van der Waals surface area contributed by atoms with E-state index >= 15 is 0 Å². The van der Waals surface area contributed by atoms with Crippen LogP contribution in [-0.2, 0) is 5.60 Å². The molecule has 0 unspecified atom stereocenters. The standard InChI is InChI=1S/C30H28F2N4O4/c1-4-19(13-33)11-10-18(2)30-24(20-8-6-5-7-9-20)22(15-36-16-28(31,32)17-36)26(37)29(30,38)25-23(40-30)12-21(14-34)35-27(25)39-3/h4-12,22,24,26,37-38H,2,15-17H2,1,3H3/b11-10-,19-4+/t22-,24-,26-,29+,30+/m1/s1. The Balaban J connectivity index is 1.76. The first-order valence-corrected chi connectivity index (χ1v) is 12.7. The van der Waals surface area contributed by atoms with Gasteiger partial charge in [-0.1, -0.05) is 49.1 Å². The van der Waals surface area contributed by atoms with Crippen molar-refractivity contribution in [3.8, 4) is 23.8 Å². The summed E-state index contributed by atoms with van der Waals surface area (Å²) in [5.41, 5.74) is -2.74. The maximum atomic E-state index is 13.8. The molecule has 2 aliphatic heterocycles. The molecule has 0 amide bonds. The van der Waals surface area contributed by atoms with Crippen LogP contribution >= 0.6 is 0 Å². The number of ether oxygens (including phenoxy) is 2. The number of benzene rings is 1. The summed E-state index contributed by atoms with van der Waals surface area (Å²) in [4.78, 5) is 5.73. The first-order valence-electron chi connectivity index (χ1n) is 12.7. The number of likely N-dealkylation sites (tertiary alicyclic amines) is 1. The van der Waals surface area contributed by atoms with E-state index in [9.17, 15) is 29.5 Å². The average molecular weight is 547 g/mol. The van der Waals surface area contributed by atoms with E-state index in [1.807, 2.05) is 24.3 Å². The van der Waals surface area contributed by atoms with Crippen molar-refractivity contribution in [2.45, 2.75) is 36.1 Å². The number of pyridine rings is 1. The van der Waals surface area contributed by atoms with Gasteiger partial charge >= 0.3 is 0 Å². The summed E-state index contributed by atoms with van der Waals surface area (Å²) >= 11 is 0. The number of aromatic nitrogens is 1. The van der Waals surface area contributed by atoms with Gasteiger partial charge in [-0.15, -0.1) is 0 Å². The summed E-state index contributed by atoms with van der Waals surface area (Å²) in [7, 11) is 1.32. The molecule has 0 radical (unpaired) electrons. The van der Waals surface area contributed by atoms with E-state index < -0.39 is 48.2 Å². The van der Waals surface area contributed by atoms with Crippen molar-refractivity contribution >= 4 is 0 Å².